The number of rotatable bonds is 7. The molecule has 5 nitrogen and oxygen atoms in total. The Morgan fingerprint density at radius 2 is 1.96 bits per heavy atom. The predicted molar refractivity (Wildman–Crippen MR) is 99.5 cm³/mol. The van der Waals surface area contributed by atoms with E-state index in [9.17, 15) is 13.6 Å². The number of carbonyl (C=O) groups is 1. The summed E-state index contributed by atoms with van der Waals surface area (Å²) in [6, 6.07) is 6.75. The molecule has 0 fully saturated rings. The Hall–Kier alpha value is -2.87. The number of halogens is 2. The highest BCUT2D eigenvalue weighted by molar-refractivity contribution is 8.00. The van der Waals surface area contributed by atoms with Crippen molar-refractivity contribution < 1.29 is 13.6 Å². The minimum absolute atomic E-state index is 0.109. The van der Waals surface area contributed by atoms with Gasteiger partial charge in [0.1, 0.15) is 0 Å². The van der Waals surface area contributed by atoms with E-state index >= 15 is 0 Å². The lowest BCUT2D eigenvalue weighted by atomic mass is 10.1. The molecule has 8 heteroatoms. The van der Waals surface area contributed by atoms with E-state index in [0.717, 1.165) is 17.7 Å². The van der Waals surface area contributed by atoms with Gasteiger partial charge in [-0.05, 0) is 37.3 Å². The highest BCUT2D eigenvalue weighted by Gasteiger charge is 2.22. The van der Waals surface area contributed by atoms with Crippen LogP contribution < -0.4 is 0 Å². The maximum absolute atomic E-state index is 13.4. The van der Waals surface area contributed by atoms with Gasteiger partial charge in [0, 0.05) is 30.1 Å². The van der Waals surface area contributed by atoms with Gasteiger partial charge in [-0.2, -0.15) is 0 Å². The Kier molecular flexibility index (Phi) is 5.75. The molecule has 0 spiro atoms. The highest BCUT2D eigenvalue weighted by Crippen LogP contribution is 2.28. The number of pyridine rings is 1. The Bertz CT molecular complexity index is 975. The van der Waals surface area contributed by atoms with Crippen LogP contribution >= 0.6 is 11.8 Å². The van der Waals surface area contributed by atoms with Gasteiger partial charge < -0.3 is 0 Å². The van der Waals surface area contributed by atoms with Crippen LogP contribution in [-0.2, 0) is 6.54 Å². The van der Waals surface area contributed by atoms with Gasteiger partial charge in [-0.15, -0.1) is 16.8 Å². The van der Waals surface area contributed by atoms with E-state index in [1.165, 1.54) is 17.8 Å². The van der Waals surface area contributed by atoms with Crippen LogP contribution in [0.25, 0.3) is 11.4 Å². The molecule has 2 heterocycles. The van der Waals surface area contributed by atoms with Gasteiger partial charge in [0.05, 0.1) is 5.25 Å². The second-order valence-electron chi connectivity index (χ2n) is 5.69. The van der Waals surface area contributed by atoms with Gasteiger partial charge in [-0.3, -0.25) is 14.3 Å². The van der Waals surface area contributed by atoms with E-state index in [0.29, 0.717) is 17.5 Å². The topological polar surface area (TPSA) is 60.7 Å². The summed E-state index contributed by atoms with van der Waals surface area (Å²) >= 11 is 1.20. The molecule has 1 aromatic carbocycles. The lowest BCUT2D eigenvalue weighted by Crippen LogP contribution is -2.15. The first-order valence-corrected chi connectivity index (χ1v) is 8.99. The number of Topliss-reactive ketones (excluding diaryl/α,β-unsaturated/α-hetero) is 1. The molecule has 0 aliphatic carbocycles. The van der Waals surface area contributed by atoms with Crippen molar-refractivity contribution in [1.29, 1.82) is 0 Å². The number of benzene rings is 1. The van der Waals surface area contributed by atoms with Crippen molar-refractivity contribution in [2.45, 2.75) is 23.9 Å². The zero-order valence-corrected chi connectivity index (χ0v) is 15.3. The molecule has 0 radical (unpaired) electrons. The van der Waals surface area contributed by atoms with E-state index in [-0.39, 0.29) is 11.3 Å². The molecule has 0 bridgehead atoms. The molecule has 0 saturated carbocycles. The zero-order valence-electron chi connectivity index (χ0n) is 14.5. The molecule has 0 N–H and O–H groups in total. The lowest BCUT2D eigenvalue weighted by molar-refractivity contribution is 0.0993. The van der Waals surface area contributed by atoms with E-state index in [2.05, 4.69) is 21.8 Å². The van der Waals surface area contributed by atoms with E-state index in [1.54, 1.807) is 25.4 Å². The molecule has 0 saturated heterocycles. The summed E-state index contributed by atoms with van der Waals surface area (Å²) in [6.07, 6.45) is 5.02. The molecule has 138 valence electrons. The van der Waals surface area contributed by atoms with Gasteiger partial charge in [0.2, 0.25) is 0 Å². The van der Waals surface area contributed by atoms with Crippen LogP contribution in [0.3, 0.4) is 0 Å². The maximum atomic E-state index is 13.4. The SMILES string of the molecule is C=CCn1c(S[C@H](C)C(=O)c2ccc(F)c(F)c2)nnc1-c1ccncc1. The van der Waals surface area contributed by atoms with E-state index < -0.39 is 16.9 Å². The number of hydrogen-bond donors (Lipinski definition) is 0. The van der Waals surface area contributed by atoms with Gasteiger partial charge in [0.25, 0.3) is 0 Å². The van der Waals surface area contributed by atoms with E-state index in [1.807, 2.05) is 16.7 Å². The molecule has 0 amide bonds. The smallest absolute Gasteiger partial charge is 0.192 e. The quantitative estimate of drug-likeness (QED) is 0.347. The third-order valence-electron chi connectivity index (χ3n) is 3.82. The molecule has 1 atom stereocenters. The van der Waals surface area contributed by atoms with Crippen molar-refractivity contribution in [3.8, 4) is 11.4 Å². The van der Waals surface area contributed by atoms with Gasteiger partial charge in [0.15, 0.2) is 28.4 Å². The number of aromatic nitrogens is 4. The Morgan fingerprint density at radius 3 is 2.63 bits per heavy atom. The molecule has 2 aromatic heterocycles. The summed E-state index contributed by atoms with van der Waals surface area (Å²) in [5, 5.41) is 8.36. The molecular formula is C19H16F2N4OS. The van der Waals surface area contributed by atoms with Crippen LogP contribution in [0.5, 0.6) is 0 Å². The molecule has 0 unspecified atom stereocenters. The van der Waals surface area contributed by atoms with Crippen LogP contribution in [0.15, 0.2) is 60.5 Å². The second kappa shape index (κ2) is 8.22. The fourth-order valence-electron chi connectivity index (χ4n) is 2.48. The van der Waals surface area contributed by atoms with Crippen molar-refractivity contribution in [3.05, 3.63) is 72.6 Å². The monoisotopic (exact) mass is 386 g/mol. The van der Waals surface area contributed by atoms with Crippen molar-refractivity contribution in [2.24, 2.45) is 0 Å². The molecular weight excluding hydrogens is 370 g/mol. The highest BCUT2D eigenvalue weighted by atomic mass is 32.2. The minimum atomic E-state index is -1.05. The van der Waals surface area contributed by atoms with Crippen LogP contribution in [-0.4, -0.2) is 30.8 Å². The summed E-state index contributed by atoms with van der Waals surface area (Å²) in [7, 11) is 0. The van der Waals surface area contributed by atoms with Crippen LogP contribution in [0.4, 0.5) is 8.78 Å². The number of nitrogens with zero attached hydrogens (tertiary/aromatic N) is 4. The number of hydrogen-bond acceptors (Lipinski definition) is 5. The van der Waals surface area contributed by atoms with Crippen molar-refractivity contribution in [2.75, 3.05) is 0 Å². The second-order valence-corrected chi connectivity index (χ2v) is 7.00. The van der Waals surface area contributed by atoms with E-state index in [4.69, 9.17) is 0 Å². The Morgan fingerprint density at radius 1 is 1.22 bits per heavy atom. The van der Waals surface area contributed by atoms with Crippen molar-refractivity contribution in [1.82, 2.24) is 19.7 Å². The van der Waals surface area contributed by atoms with Crippen LogP contribution in [0.1, 0.15) is 17.3 Å². The first-order chi connectivity index (χ1) is 13.0. The number of carbonyl (C=O) groups excluding carboxylic acids is 1. The lowest BCUT2D eigenvalue weighted by Gasteiger charge is -2.12. The van der Waals surface area contributed by atoms with Gasteiger partial charge in [-0.1, -0.05) is 17.8 Å². The summed E-state index contributed by atoms with van der Waals surface area (Å²) in [5.41, 5.74) is 0.948. The molecule has 3 aromatic rings. The average molecular weight is 386 g/mol. The first kappa shape index (κ1) is 18.9. The van der Waals surface area contributed by atoms with Crippen LogP contribution in [0.2, 0.25) is 0 Å². The summed E-state index contributed by atoms with van der Waals surface area (Å²) in [6.45, 7) is 5.89. The molecule has 0 aliphatic heterocycles. The van der Waals surface area contributed by atoms with Crippen molar-refractivity contribution >= 4 is 17.5 Å². The molecule has 0 aliphatic rings. The fraction of sp³-hybridized carbons (Fsp3) is 0.158. The summed E-state index contributed by atoms with van der Waals surface area (Å²) in [4.78, 5) is 16.5. The number of ketones is 1. The largest absolute Gasteiger partial charge is 0.298 e. The standard InChI is InChI=1S/C19H16F2N4OS/c1-3-10-25-18(13-6-8-22-9-7-13)23-24-19(25)27-12(2)17(26)14-4-5-15(20)16(21)11-14/h3-9,11-12H,1,10H2,2H3/t12-/m1/s1. The number of allylic oxidation sites excluding steroid dienone is 1. The van der Waals surface area contributed by atoms with Gasteiger partial charge >= 0.3 is 0 Å². The van der Waals surface area contributed by atoms with Crippen molar-refractivity contribution in [3.63, 3.8) is 0 Å². The average Bonchev–Trinajstić information content (AvgIpc) is 3.07. The minimum Gasteiger partial charge on any atom is -0.298 e. The maximum Gasteiger partial charge on any atom is 0.192 e. The number of thioether (sulfide) groups is 1. The summed E-state index contributed by atoms with van der Waals surface area (Å²) < 4.78 is 28.3. The third kappa shape index (κ3) is 4.11. The Labute approximate surface area is 159 Å². The fourth-order valence-corrected chi connectivity index (χ4v) is 3.42. The third-order valence-corrected chi connectivity index (χ3v) is 4.90. The molecule has 27 heavy (non-hydrogen) atoms. The summed E-state index contributed by atoms with van der Waals surface area (Å²) in [5.74, 6) is -1.72. The Balaban J connectivity index is 1.86. The van der Waals surface area contributed by atoms with Crippen LogP contribution in [0, 0.1) is 11.6 Å². The predicted octanol–water partition coefficient (Wildman–Crippen LogP) is 4.17. The first-order valence-electron chi connectivity index (χ1n) is 8.11. The normalized spacial score (nSPS) is 12.0. The zero-order chi connectivity index (χ0) is 19.4. The van der Waals surface area contributed by atoms with Gasteiger partial charge in [-0.25, -0.2) is 8.78 Å². The molecule has 3 rings (SSSR count).